The van der Waals surface area contributed by atoms with Gasteiger partial charge in [0.1, 0.15) is 0 Å². The van der Waals surface area contributed by atoms with Gasteiger partial charge in [0.05, 0.1) is 18.8 Å². The second-order valence-electron chi connectivity index (χ2n) is 4.34. The van der Waals surface area contributed by atoms with Crippen LogP contribution in [-0.2, 0) is 20.4 Å². The second-order valence-corrected chi connectivity index (χ2v) is 4.34. The first-order valence-corrected chi connectivity index (χ1v) is 5.82. The molecule has 1 fully saturated rings. The first kappa shape index (κ1) is 13.9. The average molecular weight is 274 g/mol. The Morgan fingerprint density at radius 1 is 1.37 bits per heavy atom. The number of benzene rings is 1. The third-order valence-corrected chi connectivity index (χ3v) is 3.07. The van der Waals surface area contributed by atoms with E-state index in [2.05, 4.69) is 4.74 Å². The Hall–Kier alpha value is -1.56. The van der Waals surface area contributed by atoms with Crippen LogP contribution in [0.1, 0.15) is 30.1 Å². The normalized spacial score (nSPS) is 23.4. The summed E-state index contributed by atoms with van der Waals surface area (Å²) in [6.45, 7) is 0. The summed E-state index contributed by atoms with van der Waals surface area (Å²) in [5, 5.41) is 0. The fourth-order valence-corrected chi connectivity index (χ4v) is 2.10. The summed E-state index contributed by atoms with van der Waals surface area (Å²) in [6, 6.07) is 4.98. The molecular weight excluding hydrogens is 261 g/mol. The smallest absolute Gasteiger partial charge is 0.416 e. The van der Waals surface area contributed by atoms with Gasteiger partial charge in [-0.1, -0.05) is 12.1 Å². The molecule has 1 aliphatic heterocycles. The molecule has 1 aromatic rings. The monoisotopic (exact) mass is 274 g/mol. The molecule has 0 aromatic heterocycles. The highest BCUT2D eigenvalue weighted by Gasteiger charge is 2.34. The van der Waals surface area contributed by atoms with Gasteiger partial charge in [0.15, 0.2) is 6.10 Å². The number of carbonyl (C=O) groups excluding carboxylic acids is 1. The lowest BCUT2D eigenvalue weighted by molar-refractivity contribution is -0.153. The highest BCUT2D eigenvalue weighted by atomic mass is 19.4. The molecule has 2 atom stereocenters. The summed E-state index contributed by atoms with van der Waals surface area (Å²) in [5.74, 6) is -0.491. The Morgan fingerprint density at radius 2 is 2.11 bits per heavy atom. The van der Waals surface area contributed by atoms with Gasteiger partial charge in [-0.2, -0.15) is 13.2 Å². The summed E-state index contributed by atoms with van der Waals surface area (Å²) in [7, 11) is 1.25. The SMILES string of the molecule is COC(=O)C1CCC(c2cccc(C(F)(F)F)c2)O1. The molecule has 104 valence electrons. The summed E-state index contributed by atoms with van der Waals surface area (Å²) in [5.41, 5.74) is -0.281. The Balaban J connectivity index is 2.14. The highest BCUT2D eigenvalue weighted by molar-refractivity contribution is 5.74. The molecule has 0 N–H and O–H groups in total. The maximum Gasteiger partial charge on any atom is 0.416 e. The summed E-state index contributed by atoms with van der Waals surface area (Å²) in [6.07, 6.45) is -4.61. The number of methoxy groups -OCH3 is 1. The van der Waals surface area contributed by atoms with Crippen LogP contribution < -0.4 is 0 Å². The topological polar surface area (TPSA) is 35.5 Å². The lowest BCUT2D eigenvalue weighted by Crippen LogP contribution is -2.21. The van der Waals surface area contributed by atoms with Crippen molar-refractivity contribution < 1.29 is 27.4 Å². The van der Waals surface area contributed by atoms with Crippen molar-refractivity contribution in [2.24, 2.45) is 0 Å². The predicted octanol–water partition coefficient (Wildman–Crippen LogP) is 3.10. The number of rotatable bonds is 2. The molecule has 19 heavy (non-hydrogen) atoms. The molecule has 2 unspecified atom stereocenters. The summed E-state index contributed by atoms with van der Waals surface area (Å²) < 4.78 is 47.8. The van der Waals surface area contributed by atoms with Gasteiger partial charge < -0.3 is 9.47 Å². The third kappa shape index (κ3) is 3.07. The fraction of sp³-hybridized carbons (Fsp3) is 0.462. The number of ether oxygens (including phenoxy) is 2. The predicted molar refractivity (Wildman–Crippen MR) is 60.3 cm³/mol. The van der Waals surface area contributed by atoms with Crippen molar-refractivity contribution in [3.63, 3.8) is 0 Å². The lowest BCUT2D eigenvalue weighted by Gasteiger charge is -2.14. The molecule has 1 saturated heterocycles. The minimum absolute atomic E-state index is 0.432. The van der Waals surface area contributed by atoms with E-state index in [4.69, 9.17) is 4.74 Å². The number of halogens is 3. The van der Waals surface area contributed by atoms with Gasteiger partial charge in [-0.3, -0.25) is 0 Å². The van der Waals surface area contributed by atoms with Crippen molar-refractivity contribution in [3.05, 3.63) is 35.4 Å². The highest BCUT2D eigenvalue weighted by Crippen LogP contribution is 2.36. The van der Waals surface area contributed by atoms with Crippen molar-refractivity contribution in [3.8, 4) is 0 Å². The molecule has 2 rings (SSSR count). The molecule has 0 saturated carbocycles. The van der Waals surface area contributed by atoms with Crippen LogP contribution in [0, 0.1) is 0 Å². The quantitative estimate of drug-likeness (QED) is 0.777. The van der Waals surface area contributed by atoms with E-state index in [9.17, 15) is 18.0 Å². The van der Waals surface area contributed by atoms with E-state index in [0.717, 1.165) is 12.1 Å². The van der Waals surface area contributed by atoms with Gasteiger partial charge in [-0.05, 0) is 30.5 Å². The third-order valence-electron chi connectivity index (χ3n) is 3.07. The number of hydrogen-bond donors (Lipinski definition) is 0. The molecular formula is C13H13F3O3. The van der Waals surface area contributed by atoms with Gasteiger partial charge in [-0.15, -0.1) is 0 Å². The van der Waals surface area contributed by atoms with Crippen LogP contribution in [0.4, 0.5) is 13.2 Å². The van der Waals surface area contributed by atoms with E-state index in [0.29, 0.717) is 18.4 Å². The average Bonchev–Trinajstić information content (AvgIpc) is 2.86. The van der Waals surface area contributed by atoms with Gasteiger partial charge in [0.2, 0.25) is 0 Å². The molecule has 1 heterocycles. The summed E-state index contributed by atoms with van der Waals surface area (Å²) >= 11 is 0. The minimum atomic E-state index is -4.38. The Bertz CT molecular complexity index is 470. The Morgan fingerprint density at radius 3 is 2.74 bits per heavy atom. The first-order valence-electron chi connectivity index (χ1n) is 5.82. The molecule has 6 heteroatoms. The largest absolute Gasteiger partial charge is 0.467 e. The number of esters is 1. The first-order chi connectivity index (χ1) is 8.91. The van der Waals surface area contributed by atoms with E-state index in [1.807, 2.05) is 0 Å². The number of alkyl halides is 3. The van der Waals surface area contributed by atoms with E-state index < -0.39 is 29.9 Å². The standard InChI is InChI=1S/C13H13F3O3/c1-18-12(17)11-6-5-10(19-11)8-3-2-4-9(7-8)13(14,15)16/h2-4,7,10-11H,5-6H2,1H3. The molecule has 1 aliphatic rings. The van der Waals surface area contributed by atoms with E-state index >= 15 is 0 Å². The maximum atomic E-state index is 12.6. The maximum absolute atomic E-state index is 12.6. The zero-order valence-electron chi connectivity index (χ0n) is 10.2. The molecule has 0 spiro atoms. The minimum Gasteiger partial charge on any atom is -0.467 e. The number of hydrogen-bond acceptors (Lipinski definition) is 3. The van der Waals surface area contributed by atoms with Crippen LogP contribution >= 0.6 is 0 Å². The van der Waals surface area contributed by atoms with Gasteiger partial charge in [0, 0.05) is 0 Å². The van der Waals surface area contributed by atoms with E-state index in [1.54, 1.807) is 6.07 Å². The lowest BCUT2D eigenvalue weighted by atomic mass is 10.0. The summed E-state index contributed by atoms with van der Waals surface area (Å²) in [4.78, 5) is 11.3. The van der Waals surface area contributed by atoms with Gasteiger partial charge >= 0.3 is 12.1 Å². The molecule has 1 aromatic carbocycles. The molecule has 0 amide bonds. The van der Waals surface area contributed by atoms with Gasteiger partial charge in [0.25, 0.3) is 0 Å². The second kappa shape index (κ2) is 5.21. The molecule has 3 nitrogen and oxygen atoms in total. The van der Waals surface area contributed by atoms with E-state index in [1.165, 1.54) is 13.2 Å². The van der Waals surface area contributed by atoms with Crippen molar-refractivity contribution >= 4 is 5.97 Å². The van der Waals surface area contributed by atoms with E-state index in [-0.39, 0.29) is 0 Å². The van der Waals surface area contributed by atoms with Crippen LogP contribution in [0.5, 0.6) is 0 Å². The fourth-order valence-electron chi connectivity index (χ4n) is 2.10. The van der Waals surface area contributed by atoms with Crippen LogP contribution in [0.2, 0.25) is 0 Å². The zero-order valence-corrected chi connectivity index (χ0v) is 10.2. The van der Waals surface area contributed by atoms with Crippen molar-refractivity contribution in [1.29, 1.82) is 0 Å². The Kier molecular flexibility index (Phi) is 3.80. The van der Waals surface area contributed by atoms with Crippen molar-refractivity contribution in [1.82, 2.24) is 0 Å². The van der Waals surface area contributed by atoms with Crippen LogP contribution in [0.3, 0.4) is 0 Å². The van der Waals surface area contributed by atoms with Gasteiger partial charge in [-0.25, -0.2) is 4.79 Å². The van der Waals surface area contributed by atoms with Crippen LogP contribution in [0.15, 0.2) is 24.3 Å². The van der Waals surface area contributed by atoms with Crippen molar-refractivity contribution in [2.45, 2.75) is 31.2 Å². The zero-order chi connectivity index (χ0) is 14.0. The Labute approximate surface area is 108 Å². The number of carbonyl (C=O) groups is 1. The molecule has 0 bridgehead atoms. The van der Waals surface area contributed by atoms with Crippen LogP contribution in [-0.4, -0.2) is 19.2 Å². The van der Waals surface area contributed by atoms with Crippen LogP contribution in [0.25, 0.3) is 0 Å². The van der Waals surface area contributed by atoms with Crippen molar-refractivity contribution in [2.75, 3.05) is 7.11 Å². The molecule has 0 aliphatic carbocycles. The molecule has 0 radical (unpaired) electrons.